The SMILES string of the molecule is CCS(=O)(=O)Nc1ccc(Nc2cc(C)c(Cl)cc2OC)nc1. The molecule has 1 heterocycles. The van der Waals surface area contributed by atoms with Crippen LogP contribution in [0.4, 0.5) is 17.2 Å². The summed E-state index contributed by atoms with van der Waals surface area (Å²) in [6.45, 7) is 3.46. The summed E-state index contributed by atoms with van der Waals surface area (Å²) in [6.07, 6.45) is 1.45. The van der Waals surface area contributed by atoms with E-state index in [1.54, 1.807) is 32.2 Å². The molecular weight excluding hydrogens is 338 g/mol. The van der Waals surface area contributed by atoms with Crippen LogP contribution in [0.15, 0.2) is 30.5 Å². The monoisotopic (exact) mass is 355 g/mol. The molecule has 1 aromatic carbocycles. The Morgan fingerprint density at radius 1 is 1.30 bits per heavy atom. The second-order valence-electron chi connectivity index (χ2n) is 4.86. The van der Waals surface area contributed by atoms with Crippen molar-refractivity contribution in [3.8, 4) is 5.75 Å². The van der Waals surface area contributed by atoms with Crippen molar-refractivity contribution in [3.63, 3.8) is 0 Å². The topological polar surface area (TPSA) is 80.3 Å². The minimum atomic E-state index is -3.31. The largest absolute Gasteiger partial charge is 0.495 e. The van der Waals surface area contributed by atoms with E-state index in [1.165, 1.54) is 6.20 Å². The summed E-state index contributed by atoms with van der Waals surface area (Å²) in [5.41, 5.74) is 2.04. The van der Waals surface area contributed by atoms with E-state index < -0.39 is 10.0 Å². The second-order valence-corrected chi connectivity index (χ2v) is 7.28. The van der Waals surface area contributed by atoms with Gasteiger partial charge in [0.2, 0.25) is 10.0 Å². The Kier molecular flexibility index (Phi) is 5.33. The summed E-state index contributed by atoms with van der Waals surface area (Å²) in [5.74, 6) is 1.16. The first-order chi connectivity index (χ1) is 10.8. The van der Waals surface area contributed by atoms with E-state index in [0.29, 0.717) is 22.3 Å². The zero-order chi connectivity index (χ0) is 17.0. The van der Waals surface area contributed by atoms with Crippen molar-refractivity contribution in [2.45, 2.75) is 13.8 Å². The standard InChI is InChI=1S/C15H18ClN3O3S/c1-4-23(20,21)19-11-5-6-15(17-9-11)18-13-7-10(2)12(16)8-14(13)22-3/h5-9,19H,4H2,1-3H3,(H,17,18). The maximum atomic E-state index is 11.5. The van der Waals surface area contributed by atoms with Crippen LogP contribution in [-0.4, -0.2) is 26.3 Å². The van der Waals surface area contributed by atoms with Gasteiger partial charge in [-0.1, -0.05) is 11.6 Å². The number of pyridine rings is 1. The van der Waals surface area contributed by atoms with Crippen LogP contribution in [0.5, 0.6) is 5.75 Å². The number of aryl methyl sites for hydroxylation is 1. The first-order valence-corrected chi connectivity index (χ1v) is 8.95. The fraction of sp³-hybridized carbons (Fsp3) is 0.267. The molecule has 6 nitrogen and oxygen atoms in total. The lowest BCUT2D eigenvalue weighted by atomic mass is 10.2. The maximum absolute atomic E-state index is 11.5. The van der Waals surface area contributed by atoms with Crippen molar-refractivity contribution < 1.29 is 13.2 Å². The highest BCUT2D eigenvalue weighted by molar-refractivity contribution is 7.92. The molecule has 0 spiro atoms. The van der Waals surface area contributed by atoms with Gasteiger partial charge in [-0.2, -0.15) is 0 Å². The number of hydrogen-bond donors (Lipinski definition) is 2. The van der Waals surface area contributed by atoms with E-state index in [0.717, 1.165) is 11.3 Å². The fourth-order valence-corrected chi connectivity index (χ4v) is 2.63. The van der Waals surface area contributed by atoms with Crippen molar-refractivity contribution in [1.82, 2.24) is 4.98 Å². The molecule has 0 fully saturated rings. The van der Waals surface area contributed by atoms with E-state index in [4.69, 9.17) is 16.3 Å². The van der Waals surface area contributed by atoms with Gasteiger partial charge in [0.15, 0.2) is 0 Å². The minimum Gasteiger partial charge on any atom is -0.495 e. The molecule has 0 aliphatic rings. The number of ether oxygens (including phenoxy) is 1. The van der Waals surface area contributed by atoms with Gasteiger partial charge >= 0.3 is 0 Å². The van der Waals surface area contributed by atoms with Crippen molar-refractivity contribution in [3.05, 3.63) is 41.0 Å². The number of nitrogens with zero attached hydrogens (tertiary/aromatic N) is 1. The molecule has 2 rings (SSSR count). The number of methoxy groups -OCH3 is 1. The zero-order valence-electron chi connectivity index (χ0n) is 13.1. The van der Waals surface area contributed by atoms with Gasteiger partial charge in [-0.3, -0.25) is 4.72 Å². The third-order valence-corrected chi connectivity index (χ3v) is 4.87. The highest BCUT2D eigenvalue weighted by Crippen LogP contribution is 2.32. The molecule has 8 heteroatoms. The predicted octanol–water partition coefficient (Wildman–Crippen LogP) is 3.56. The number of benzene rings is 1. The van der Waals surface area contributed by atoms with Gasteiger partial charge in [0.25, 0.3) is 0 Å². The minimum absolute atomic E-state index is 0.00819. The molecule has 0 aliphatic carbocycles. The van der Waals surface area contributed by atoms with Crippen LogP contribution in [0.2, 0.25) is 5.02 Å². The molecule has 124 valence electrons. The Labute approximate surface area is 140 Å². The van der Waals surface area contributed by atoms with E-state index in [-0.39, 0.29) is 5.75 Å². The molecule has 1 aromatic heterocycles. The third kappa shape index (κ3) is 4.49. The fourth-order valence-electron chi connectivity index (χ4n) is 1.85. The lowest BCUT2D eigenvalue weighted by Gasteiger charge is -2.13. The Balaban J connectivity index is 2.20. The molecule has 0 atom stereocenters. The molecule has 0 amide bonds. The van der Waals surface area contributed by atoms with Crippen molar-refractivity contribution >= 4 is 38.8 Å². The number of hydrogen-bond acceptors (Lipinski definition) is 5. The highest BCUT2D eigenvalue weighted by Gasteiger charge is 2.09. The lowest BCUT2D eigenvalue weighted by molar-refractivity contribution is 0.416. The zero-order valence-corrected chi connectivity index (χ0v) is 14.6. The number of rotatable bonds is 6. The first-order valence-electron chi connectivity index (χ1n) is 6.92. The van der Waals surface area contributed by atoms with Crippen LogP contribution in [0.3, 0.4) is 0 Å². The molecule has 2 N–H and O–H groups in total. The van der Waals surface area contributed by atoms with Crippen LogP contribution in [0.25, 0.3) is 0 Å². The van der Waals surface area contributed by atoms with Crippen LogP contribution >= 0.6 is 11.6 Å². The van der Waals surface area contributed by atoms with Crippen LogP contribution in [-0.2, 0) is 10.0 Å². The predicted molar refractivity (Wildman–Crippen MR) is 93.3 cm³/mol. The molecule has 0 radical (unpaired) electrons. The Morgan fingerprint density at radius 2 is 2.04 bits per heavy atom. The first kappa shape index (κ1) is 17.4. The molecule has 0 unspecified atom stereocenters. The Hall–Kier alpha value is -1.99. The molecule has 0 bridgehead atoms. The van der Waals surface area contributed by atoms with Gasteiger partial charge in [-0.25, -0.2) is 13.4 Å². The summed E-state index contributed by atoms with van der Waals surface area (Å²) in [7, 11) is -1.75. The number of aromatic nitrogens is 1. The summed E-state index contributed by atoms with van der Waals surface area (Å²) in [5, 5.41) is 3.74. The second kappa shape index (κ2) is 7.06. The van der Waals surface area contributed by atoms with E-state index in [2.05, 4.69) is 15.0 Å². The van der Waals surface area contributed by atoms with Crippen molar-refractivity contribution in [2.75, 3.05) is 22.9 Å². The smallest absolute Gasteiger partial charge is 0.232 e. The van der Waals surface area contributed by atoms with Gasteiger partial charge in [0.1, 0.15) is 11.6 Å². The maximum Gasteiger partial charge on any atom is 0.232 e. The molecule has 0 aliphatic heterocycles. The number of halogens is 1. The van der Waals surface area contributed by atoms with Crippen LogP contribution in [0, 0.1) is 6.92 Å². The summed E-state index contributed by atoms with van der Waals surface area (Å²) >= 11 is 6.08. The normalized spacial score (nSPS) is 11.1. The van der Waals surface area contributed by atoms with E-state index >= 15 is 0 Å². The summed E-state index contributed by atoms with van der Waals surface area (Å²) in [6, 6.07) is 6.90. The Bertz CT molecular complexity index is 792. The van der Waals surface area contributed by atoms with Gasteiger partial charge < -0.3 is 10.1 Å². The average molecular weight is 356 g/mol. The quantitative estimate of drug-likeness (QED) is 0.828. The van der Waals surface area contributed by atoms with Crippen LogP contribution in [0.1, 0.15) is 12.5 Å². The molecule has 0 saturated carbocycles. The van der Waals surface area contributed by atoms with Crippen molar-refractivity contribution in [1.29, 1.82) is 0 Å². The lowest BCUT2D eigenvalue weighted by Crippen LogP contribution is -2.14. The third-order valence-electron chi connectivity index (χ3n) is 3.16. The molecule has 23 heavy (non-hydrogen) atoms. The van der Waals surface area contributed by atoms with Gasteiger partial charge in [0, 0.05) is 11.1 Å². The summed E-state index contributed by atoms with van der Waals surface area (Å²) in [4.78, 5) is 4.19. The molecule has 2 aromatic rings. The van der Waals surface area contributed by atoms with Gasteiger partial charge in [-0.15, -0.1) is 0 Å². The number of anilines is 3. The summed E-state index contributed by atoms with van der Waals surface area (Å²) < 4.78 is 30.8. The Morgan fingerprint density at radius 3 is 2.61 bits per heavy atom. The molecular formula is C15H18ClN3O3S. The van der Waals surface area contributed by atoms with Gasteiger partial charge in [0.05, 0.1) is 30.4 Å². The average Bonchev–Trinajstić information content (AvgIpc) is 2.52. The van der Waals surface area contributed by atoms with Crippen molar-refractivity contribution in [2.24, 2.45) is 0 Å². The molecule has 0 saturated heterocycles. The van der Waals surface area contributed by atoms with Crippen LogP contribution < -0.4 is 14.8 Å². The highest BCUT2D eigenvalue weighted by atomic mass is 35.5. The number of sulfonamides is 1. The van der Waals surface area contributed by atoms with Gasteiger partial charge in [-0.05, 0) is 37.6 Å². The van der Waals surface area contributed by atoms with E-state index in [1.807, 2.05) is 13.0 Å². The van der Waals surface area contributed by atoms with E-state index in [9.17, 15) is 8.42 Å². The number of nitrogens with one attached hydrogen (secondary N) is 2.